The highest BCUT2D eigenvalue weighted by Crippen LogP contribution is 2.33. The number of aromatic nitrogens is 1. The summed E-state index contributed by atoms with van der Waals surface area (Å²) in [6.07, 6.45) is 2.67. The average Bonchev–Trinajstić information content (AvgIpc) is 2.79. The first-order chi connectivity index (χ1) is 13.8. The molecule has 0 saturated carbocycles. The smallest absolute Gasteiger partial charge is 0.150 e. The summed E-state index contributed by atoms with van der Waals surface area (Å²) in [6, 6.07) is 15.8. The number of carbonyl (C=O) groups is 1. The van der Waals surface area contributed by atoms with Gasteiger partial charge >= 0.3 is 0 Å². The van der Waals surface area contributed by atoms with Crippen molar-refractivity contribution < 1.29 is 9.53 Å². The Morgan fingerprint density at radius 1 is 1.14 bits per heavy atom. The van der Waals surface area contributed by atoms with E-state index in [1.54, 1.807) is 6.07 Å². The molecule has 0 unspecified atom stereocenters. The Hall–Kier alpha value is -2.61. The lowest BCUT2D eigenvalue weighted by molar-refractivity contribution is 0.112. The zero-order valence-corrected chi connectivity index (χ0v) is 16.6. The Kier molecular flexibility index (Phi) is 7.25. The third-order valence-electron chi connectivity index (χ3n) is 4.37. The highest BCUT2D eigenvalue weighted by atomic mass is 32.2. The van der Waals surface area contributed by atoms with Crippen LogP contribution in [0, 0.1) is 0 Å². The maximum absolute atomic E-state index is 10.9. The predicted molar refractivity (Wildman–Crippen MR) is 116 cm³/mol. The number of morpholine rings is 1. The first-order valence-electron chi connectivity index (χ1n) is 9.11. The van der Waals surface area contributed by atoms with Crippen molar-refractivity contribution in [2.24, 2.45) is 5.73 Å². The second kappa shape index (κ2) is 10.1. The van der Waals surface area contributed by atoms with Gasteiger partial charge in [-0.1, -0.05) is 12.1 Å². The van der Waals surface area contributed by atoms with Gasteiger partial charge in [-0.15, -0.1) is 0 Å². The SMILES string of the molecule is CN.O=Cc1cccc(SNc2ccc(N3CCOCC3)c3cccnc23)c1. The lowest BCUT2D eigenvalue weighted by Gasteiger charge is -2.30. The van der Waals surface area contributed by atoms with Crippen molar-refractivity contribution in [3.05, 3.63) is 60.3 Å². The molecule has 0 radical (unpaired) electrons. The summed E-state index contributed by atoms with van der Waals surface area (Å²) < 4.78 is 8.85. The van der Waals surface area contributed by atoms with Crippen LogP contribution in [0.15, 0.2) is 59.6 Å². The van der Waals surface area contributed by atoms with Gasteiger partial charge in [0.15, 0.2) is 0 Å². The van der Waals surface area contributed by atoms with Crippen molar-refractivity contribution in [3.63, 3.8) is 0 Å². The fraction of sp³-hybridized carbons (Fsp3) is 0.238. The first-order valence-corrected chi connectivity index (χ1v) is 9.93. The van der Waals surface area contributed by atoms with E-state index in [-0.39, 0.29) is 0 Å². The van der Waals surface area contributed by atoms with Gasteiger partial charge in [0.2, 0.25) is 0 Å². The van der Waals surface area contributed by atoms with Crippen LogP contribution in [0.5, 0.6) is 0 Å². The van der Waals surface area contributed by atoms with Gasteiger partial charge < -0.3 is 20.1 Å². The van der Waals surface area contributed by atoms with Gasteiger partial charge in [0.05, 0.1) is 24.4 Å². The number of ether oxygens (including phenoxy) is 1. The van der Waals surface area contributed by atoms with E-state index < -0.39 is 0 Å². The molecule has 3 aromatic rings. The van der Waals surface area contributed by atoms with Crippen molar-refractivity contribution in [1.29, 1.82) is 0 Å². The van der Waals surface area contributed by atoms with Crippen LogP contribution in [-0.4, -0.2) is 44.6 Å². The molecule has 0 amide bonds. The van der Waals surface area contributed by atoms with Crippen LogP contribution in [0.1, 0.15) is 10.4 Å². The lowest BCUT2D eigenvalue weighted by atomic mass is 10.1. The van der Waals surface area contributed by atoms with E-state index in [9.17, 15) is 4.79 Å². The second-order valence-corrected chi connectivity index (χ2v) is 6.91. The number of rotatable bonds is 5. The molecule has 3 N–H and O–H groups in total. The minimum absolute atomic E-state index is 0.669. The van der Waals surface area contributed by atoms with Crippen molar-refractivity contribution in [1.82, 2.24) is 4.98 Å². The number of nitrogens with two attached hydrogens (primary N) is 1. The van der Waals surface area contributed by atoms with E-state index in [0.29, 0.717) is 5.56 Å². The lowest BCUT2D eigenvalue weighted by Crippen LogP contribution is -2.36. The van der Waals surface area contributed by atoms with Crippen molar-refractivity contribution >= 4 is 40.5 Å². The molecule has 0 bridgehead atoms. The Labute approximate surface area is 169 Å². The second-order valence-electron chi connectivity index (χ2n) is 6.03. The topological polar surface area (TPSA) is 80.5 Å². The Bertz CT molecular complexity index is 929. The number of benzene rings is 2. The monoisotopic (exact) mass is 396 g/mol. The normalized spacial score (nSPS) is 13.6. The number of hydrogen-bond donors (Lipinski definition) is 2. The summed E-state index contributed by atoms with van der Waals surface area (Å²) >= 11 is 1.48. The fourth-order valence-electron chi connectivity index (χ4n) is 3.09. The molecule has 6 nitrogen and oxygen atoms in total. The fourth-order valence-corrected chi connectivity index (χ4v) is 3.82. The third kappa shape index (κ3) is 4.62. The number of carbonyl (C=O) groups excluding carboxylic acids is 1. The maximum atomic E-state index is 10.9. The van der Waals surface area contributed by atoms with Gasteiger partial charge in [-0.3, -0.25) is 9.78 Å². The van der Waals surface area contributed by atoms with Gasteiger partial charge in [0, 0.05) is 40.8 Å². The van der Waals surface area contributed by atoms with Crippen LogP contribution < -0.4 is 15.4 Å². The van der Waals surface area contributed by atoms with Gasteiger partial charge in [0.25, 0.3) is 0 Å². The van der Waals surface area contributed by atoms with Gasteiger partial charge in [-0.25, -0.2) is 0 Å². The highest BCUT2D eigenvalue weighted by Gasteiger charge is 2.15. The van der Waals surface area contributed by atoms with Crippen LogP contribution in [0.4, 0.5) is 11.4 Å². The maximum Gasteiger partial charge on any atom is 0.150 e. The summed E-state index contributed by atoms with van der Waals surface area (Å²) in [7, 11) is 1.50. The highest BCUT2D eigenvalue weighted by molar-refractivity contribution is 8.00. The van der Waals surface area contributed by atoms with Gasteiger partial charge in [-0.05, 0) is 55.4 Å². The number of nitrogens with zero attached hydrogens (tertiary/aromatic N) is 2. The molecule has 7 heteroatoms. The number of nitrogens with one attached hydrogen (secondary N) is 1. The summed E-state index contributed by atoms with van der Waals surface area (Å²) in [4.78, 5) is 18.9. The third-order valence-corrected chi connectivity index (χ3v) is 5.18. The van der Waals surface area contributed by atoms with Crippen molar-refractivity contribution in [2.45, 2.75) is 4.90 Å². The molecule has 1 saturated heterocycles. The molecular weight excluding hydrogens is 372 g/mol. The Morgan fingerprint density at radius 2 is 1.96 bits per heavy atom. The van der Waals surface area contributed by atoms with Crippen LogP contribution in [-0.2, 0) is 4.74 Å². The molecule has 0 aliphatic carbocycles. The molecule has 146 valence electrons. The molecular formula is C21H24N4O2S. The van der Waals surface area contributed by atoms with E-state index in [0.717, 1.165) is 54.1 Å². The zero-order chi connectivity index (χ0) is 19.8. The molecule has 1 aromatic heterocycles. The molecule has 4 rings (SSSR count). The molecule has 2 heterocycles. The van der Waals surface area contributed by atoms with E-state index in [4.69, 9.17) is 4.74 Å². The molecule has 1 aliphatic rings. The molecule has 0 spiro atoms. The standard InChI is InChI=1S/C20H19N3O2S.CH5N/c24-14-15-3-1-4-16(13-15)26-22-18-6-7-19(23-9-11-25-12-10-23)17-5-2-8-21-20(17)18;1-2/h1-8,13-14,22H,9-12H2;2H2,1H3. The van der Waals surface area contributed by atoms with Crippen LogP contribution >= 0.6 is 11.9 Å². The summed E-state index contributed by atoms with van der Waals surface area (Å²) in [5.74, 6) is 0. The predicted octanol–water partition coefficient (Wildman–Crippen LogP) is 3.58. The van der Waals surface area contributed by atoms with Crippen LogP contribution in [0.25, 0.3) is 10.9 Å². The van der Waals surface area contributed by atoms with E-state index in [2.05, 4.69) is 38.5 Å². The quantitative estimate of drug-likeness (QED) is 0.504. The largest absolute Gasteiger partial charge is 0.378 e. The molecule has 0 atom stereocenters. The summed E-state index contributed by atoms with van der Waals surface area (Å²) in [6.45, 7) is 3.30. The van der Waals surface area contributed by atoms with Crippen LogP contribution in [0.3, 0.4) is 0 Å². The summed E-state index contributed by atoms with van der Waals surface area (Å²) in [5, 5.41) is 1.13. The number of anilines is 2. The molecule has 1 aliphatic heterocycles. The van der Waals surface area contributed by atoms with Crippen LogP contribution in [0.2, 0.25) is 0 Å². The number of fused-ring (bicyclic) bond motifs is 1. The minimum Gasteiger partial charge on any atom is -0.378 e. The van der Waals surface area contributed by atoms with E-state index in [1.165, 1.54) is 24.7 Å². The molecule has 28 heavy (non-hydrogen) atoms. The number of aldehydes is 1. The molecule has 1 fully saturated rings. The van der Waals surface area contributed by atoms with E-state index >= 15 is 0 Å². The van der Waals surface area contributed by atoms with Gasteiger partial charge in [-0.2, -0.15) is 0 Å². The average molecular weight is 397 g/mol. The summed E-state index contributed by atoms with van der Waals surface area (Å²) in [5.41, 5.74) is 8.26. The van der Waals surface area contributed by atoms with Crippen molar-refractivity contribution in [3.8, 4) is 0 Å². The number of pyridine rings is 1. The number of hydrogen-bond acceptors (Lipinski definition) is 7. The minimum atomic E-state index is 0.669. The van der Waals surface area contributed by atoms with E-state index in [1.807, 2.05) is 30.5 Å². The van der Waals surface area contributed by atoms with Gasteiger partial charge in [0.1, 0.15) is 6.29 Å². The Morgan fingerprint density at radius 3 is 2.75 bits per heavy atom. The first kappa shape index (κ1) is 20.1. The van der Waals surface area contributed by atoms with Crippen molar-refractivity contribution in [2.75, 3.05) is 43.0 Å². The zero-order valence-electron chi connectivity index (χ0n) is 15.8. The Balaban J connectivity index is 0.00000109. The molecule has 2 aromatic carbocycles.